The molecule has 0 amide bonds. The first kappa shape index (κ1) is 17.2. The highest BCUT2D eigenvalue weighted by atomic mass is 127. The van der Waals surface area contributed by atoms with Crippen molar-refractivity contribution in [3.63, 3.8) is 0 Å². The molecule has 0 spiro atoms. The van der Waals surface area contributed by atoms with Crippen LogP contribution in [0.15, 0.2) is 65.0 Å². The zero-order valence-corrected chi connectivity index (χ0v) is 17.0. The number of ether oxygens (including phenoxy) is 1. The Balaban J connectivity index is 1.85. The Bertz CT molecular complexity index is 1120. The van der Waals surface area contributed by atoms with E-state index in [1.54, 1.807) is 10.9 Å². The van der Waals surface area contributed by atoms with Crippen molar-refractivity contribution < 1.29 is 4.74 Å². The summed E-state index contributed by atoms with van der Waals surface area (Å²) in [6.07, 6.45) is 1.60. The Hall–Kier alpha value is -2.19. The maximum Gasteiger partial charge on any atom is 0.267 e. The van der Waals surface area contributed by atoms with Crippen LogP contribution in [0.4, 0.5) is 0 Å². The minimum atomic E-state index is -0.0543. The molecule has 0 N–H and O–H groups in total. The molecule has 4 aromatic rings. The standard InChI is InChI=1S/C20H15IN2O2S/c1-2-25-16-9-3-13(4-10-16)17-11-26-19-18(17)20(24)23(12-22-19)15-7-5-14(21)6-8-15/h3-12H,2H2,1H3. The topological polar surface area (TPSA) is 44.1 Å². The molecular formula is C20H15IN2O2S. The van der Waals surface area contributed by atoms with Gasteiger partial charge in [0.15, 0.2) is 0 Å². The van der Waals surface area contributed by atoms with E-state index in [1.165, 1.54) is 11.3 Å². The number of halogens is 1. The third kappa shape index (κ3) is 3.14. The molecule has 4 rings (SSSR count). The van der Waals surface area contributed by atoms with E-state index in [2.05, 4.69) is 27.6 Å². The van der Waals surface area contributed by atoms with Crippen molar-refractivity contribution in [2.75, 3.05) is 6.61 Å². The molecule has 6 heteroatoms. The zero-order chi connectivity index (χ0) is 18.1. The van der Waals surface area contributed by atoms with Gasteiger partial charge in [0, 0.05) is 14.5 Å². The smallest absolute Gasteiger partial charge is 0.267 e. The lowest BCUT2D eigenvalue weighted by atomic mass is 10.1. The van der Waals surface area contributed by atoms with Gasteiger partial charge in [-0.05, 0) is 71.5 Å². The highest BCUT2D eigenvalue weighted by Gasteiger charge is 2.14. The Morgan fingerprint density at radius 3 is 2.54 bits per heavy atom. The van der Waals surface area contributed by atoms with Crippen LogP contribution in [0.25, 0.3) is 27.0 Å². The van der Waals surface area contributed by atoms with E-state index >= 15 is 0 Å². The fraction of sp³-hybridized carbons (Fsp3) is 0.100. The van der Waals surface area contributed by atoms with Crippen molar-refractivity contribution in [2.24, 2.45) is 0 Å². The van der Waals surface area contributed by atoms with Crippen LogP contribution in [0.3, 0.4) is 0 Å². The van der Waals surface area contributed by atoms with Gasteiger partial charge in [-0.25, -0.2) is 4.98 Å². The summed E-state index contributed by atoms with van der Waals surface area (Å²) in [5, 5.41) is 2.65. The van der Waals surface area contributed by atoms with Gasteiger partial charge in [-0.2, -0.15) is 0 Å². The quantitative estimate of drug-likeness (QED) is 0.386. The van der Waals surface area contributed by atoms with Crippen LogP contribution < -0.4 is 10.3 Å². The molecule has 0 aliphatic rings. The summed E-state index contributed by atoms with van der Waals surface area (Å²) in [6.45, 7) is 2.59. The summed E-state index contributed by atoms with van der Waals surface area (Å²) in [7, 11) is 0. The third-order valence-electron chi connectivity index (χ3n) is 4.08. The average Bonchev–Trinajstić information content (AvgIpc) is 3.09. The second-order valence-electron chi connectivity index (χ2n) is 5.68. The summed E-state index contributed by atoms with van der Waals surface area (Å²) in [5.41, 5.74) is 2.65. The summed E-state index contributed by atoms with van der Waals surface area (Å²) >= 11 is 3.73. The maximum absolute atomic E-state index is 13.1. The number of hydrogen-bond acceptors (Lipinski definition) is 4. The number of hydrogen-bond donors (Lipinski definition) is 0. The summed E-state index contributed by atoms with van der Waals surface area (Å²) in [5.74, 6) is 0.824. The minimum absolute atomic E-state index is 0.0543. The van der Waals surface area contributed by atoms with Crippen LogP contribution in [-0.2, 0) is 0 Å². The van der Waals surface area contributed by atoms with Crippen LogP contribution in [0.2, 0.25) is 0 Å². The van der Waals surface area contributed by atoms with Crippen molar-refractivity contribution in [2.45, 2.75) is 6.92 Å². The molecule has 0 radical (unpaired) electrons. The monoisotopic (exact) mass is 474 g/mol. The fourth-order valence-corrected chi connectivity index (χ4v) is 4.09. The van der Waals surface area contributed by atoms with Crippen molar-refractivity contribution >= 4 is 44.1 Å². The Labute approximate surface area is 168 Å². The van der Waals surface area contributed by atoms with Gasteiger partial charge < -0.3 is 4.74 Å². The molecular weight excluding hydrogens is 459 g/mol. The van der Waals surface area contributed by atoms with E-state index in [0.29, 0.717) is 12.0 Å². The first-order valence-electron chi connectivity index (χ1n) is 8.15. The largest absolute Gasteiger partial charge is 0.494 e. The second kappa shape index (κ2) is 7.20. The molecule has 0 bridgehead atoms. The van der Waals surface area contributed by atoms with E-state index < -0.39 is 0 Å². The molecule has 0 unspecified atom stereocenters. The SMILES string of the molecule is CCOc1ccc(-c2csc3ncn(-c4ccc(I)cc4)c(=O)c23)cc1. The van der Waals surface area contributed by atoms with Gasteiger partial charge in [0.25, 0.3) is 5.56 Å². The molecule has 26 heavy (non-hydrogen) atoms. The molecule has 0 saturated heterocycles. The van der Waals surface area contributed by atoms with E-state index in [9.17, 15) is 4.79 Å². The van der Waals surface area contributed by atoms with Crippen LogP contribution in [-0.4, -0.2) is 16.2 Å². The van der Waals surface area contributed by atoms with Gasteiger partial charge >= 0.3 is 0 Å². The Morgan fingerprint density at radius 2 is 1.85 bits per heavy atom. The molecule has 0 aliphatic heterocycles. The minimum Gasteiger partial charge on any atom is -0.494 e. The number of nitrogens with zero attached hydrogens (tertiary/aromatic N) is 2. The molecule has 0 saturated carbocycles. The van der Waals surface area contributed by atoms with Crippen LogP contribution in [0.1, 0.15) is 6.92 Å². The highest BCUT2D eigenvalue weighted by Crippen LogP contribution is 2.31. The molecule has 4 nitrogen and oxygen atoms in total. The number of rotatable bonds is 4. The van der Waals surface area contributed by atoms with Crippen LogP contribution in [0.5, 0.6) is 5.75 Å². The van der Waals surface area contributed by atoms with Gasteiger partial charge in [0.1, 0.15) is 16.9 Å². The normalized spacial score (nSPS) is 11.0. The van der Waals surface area contributed by atoms with Gasteiger partial charge in [-0.1, -0.05) is 12.1 Å². The number of aromatic nitrogens is 2. The predicted octanol–water partition coefficient (Wildman–Crippen LogP) is 5.12. The van der Waals surface area contributed by atoms with Crippen molar-refractivity contribution in [1.29, 1.82) is 0 Å². The van der Waals surface area contributed by atoms with Crippen molar-refractivity contribution in [1.82, 2.24) is 9.55 Å². The van der Waals surface area contributed by atoms with Crippen molar-refractivity contribution in [3.05, 3.63) is 74.2 Å². The zero-order valence-electron chi connectivity index (χ0n) is 14.0. The average molecular weight is 474 g/mol. The fourth-order valence-electron chi connectivity index (χ4n) is 2.83. The molecule has 2 aromatic heterocycles. The van der Waals surface area contributed by atoms with Crippen molar-refractivity contribution in [3.8, 4) is 22.6 Å². The summed E-state index contributed by atoms with van der Waals surface area (Å²) < 4.78 is 8.22. The molecule has 0 aliphatic carbocycles. The van der Waals surface area contributed by atoms with Gasteiger partial charge in [0.2, 0.25) is 0 Å². The lowest BCUT2D eigenvalue weighted by molar-refractivity contribution is 0.340. The highest BCUT2D eigenvalue weighted by molar-refractivity contribution is 14.1. The van der Waals surface area contributed by atoms with Gasteiger partial charge in [-0.15, -0.1) is 11.3 Å². The van der Waals surface area contributed by atoms with E-state index in [4.69, 9.17) is 4.74 Å². The number of fused-ring (bicyclic) bond motifs is 1. The Morgan fingerprint density at radius 1 is 1.12 bits per heavy atom. The van der Waals surface area contributed by atoms with Crippen LogP contribution >= 0.6 is 33.9 Å². The van der Waals surface area contributed by atoms with E-state index in [0.717, 1.165) is 31.0 Å². The Kier molecular flexibility index (Phi) is 4.78. The molecule has 130 valence electrons. The summed E-state index contributed by atoms with van der Waals surface area (Å²) in [4.78, 5) is 18.4. The lowest BCUT2D eigenvalue weighted by Crippen LogP contribution is -2.18. The van der Waals surface area contributed by atoms with E-state index in [-0.39, 0.29) is 5.56 Å². The summed E-state index contributed by atoms with van der Waals surface area (Å²) in [6, 6.07) is 15.6. The number of thiophene rings is 1. The van der Waals surface area contributed by atoms with E-state index in [1.807, 2.05) is 60.8 Å². The maximum atomic E-state index is 13.1. The predicted molar refractivity (Wildman–Crippen MR) is 115 cm³/mol. The molecule has 2 heterocycles. The molecule has 2 aromatic carbocycles. The third-order valence-corrected chi connectivity index (χ3v) is 5.68. The first-order valence-corrected chi connectivity index (χ1v) is 10.1. The van der Waals surface area contributed by atoms with Crippen LogP contribution in [0, 0.1) is 3.57 Å². The first-order chi connectivity index (χ1) is 12.7. The number of benzene rings is 2. The van der Waals surface area contributed by atoms with Gasteiger partial charge in [0.05, 0.1) is 17.7 Å². The molecule has 0 atom stereocenters. The lowest BCUT2D eigenvalue weighted by Gasteiger charge is -2.07. The van der Waals surface area contributed by atoms with Gasteiger partial charge in [-0.3, -0.25) is 9.36 Å². The second-order valence-corrected chi connectivity index (χ2v) is 7.79. The molecule has 0 fully saturated rings.